The first-order valence-electron chi connectivity index (χ1n) is 22.6. The van der Waals surface area contributed by atoms with Gasteiger partial charge in [-0.2, -0.15) is 4.74 Å². The molecular weight excluding hydrogens is 884 g/mol. The third kappa shape index (κ3) is 15.3. The third-order valence-corrected chi connectivity index (χ3v) is 11.3. The largest absolute Gasteiger partial charge is 0.454 e. The zero-order valence-corrected chi connectivity index (χ0v) is 41.5. The van der Waals surface area contributed by atoms with Crippen LogP contribution in [0.5, 0.6) is 0 Å². The van der Waals surface area contributed by atoms with E-state index in [0.717, 1.165) is 29.8 Å². The van der Waals surface area contributed by atoms with E-state index in [1.54, 1.807) is 19.9 Å². The van der Waals surface area contributed by atoms with Gasteiger partial charge in [0.1, 0.15) is 36.6 Å². The van der Waals surface area contributed by atoms with Crippen molar-refractivity contribution in [2.24, 2.45) is 16.6 Å². The van der Waals surface area contributed by atoms with E-state index in [9.17, 15) is 24.3 Å². The molecule has 3 saturated heterocycles. The van der Waals surface area contributed by atoms with Crippen LogP contribution in [0.3, 0.4) is 0 Å². The number of amides is 3. The summed E-state index contributed by atoms with van der Waals surface area (Å²) in [7, 11) is 4.71. The number of ether oxygens (including phenoxy) is 7. The minimum absolute atomic E-state index is 0. The summed E-state index contributed by atoms with van der Waals surface area (Å²) >= 11 is 0. The van der Waals surface area contributed by atoms with Gasteiger partial charge in [0.2, 0.25) is 25.0 Å². The number of aliphatic hydroxyl groups is 1. The van der Waals surface area contributed by atoms with Gasteiger partial charge >= 0.3 is 5.97 Å². The summed E-state index contributed by atoms with van der Waals surface area (Å²) in [5.74, 6) is -3.20. The molecule has 16 nitrogen and oxygen atoms in total. The van der Waals surface area contributed by atoms with Crippen molar-refractivity contribution in [2.45, 2.75) is 167 Å². The van der Waals surface area contributed by atoms with Crippen molar-refractivity contribution in [1.82, 2.24) is 5.32 Å². The van der Waals surface area contributed by atoms with Crippen LogP contribution >= 0.6 is 12.4 Å². The van der Waals surface area contributed by atoms with Crippen LogP contribution in [-0.2, 0) is 65.2 Å². The number of aliphatic hydroxyl groups excluding tert-OH is 1. The number of fused-ring (bicyclic) bond motifs is 3. The minimum atomic E-state index is -1.14. The molecule has 0 radical (unpaired) electrons. The predicted octanol–water partition coefficient (Wildman–Crippen LogP) is 6.09. The van der Waals surface area contributed by atoms with Crippen molar-refractivity contribution in [3.63, 3.8) is 0 Å². The topological polar surface area (TPSA) is 215 Å². The molecule has 6 N–H and O–H groups in total. The third-order valence-electron chi connectivity index (χ3n) is 11.3. The normalized spacial score (nSPS) is 29.3. The van der Waals surface area contributed by atoms with Crippen LogP contribution in [0.4, 0.5) is 11.4 Å². The fourth-order valence-electron chi connectivity index (χ4n) is 8.01. The van der Waals surface area contributed by atoms with Crippen LogP contribution in [0.2, 0.25) is 0 Å². The van der Waals surface area contributed by atoms with Crippen LogP contribution in [0, 0.1) is 17.9 Å². The molecule has 67 heavy (non-hydrogen) atoms. The zero-order valence-electron chi connectivity index (χ0n) is 40.7. The molecular formula is C50H72ClN4O12+. The summed E-state index contributed by atoms with van der Waals surface area (Å²) < 4.78 is 39.2. The van der Waals surface area contributed by atoms with Gasteiger partial charge in [0.05, 0.1) is 6.04 Å². The standard InChI is InChI=1S/C25H36N2O6.C15H23O5.C10H12N2O.ClH/c1-24(2,3)14-13-18-19(28)20(33-25(4,5)32-18)21(31-6)23(30)27-17-12-11-15-9-7-8-10-16(15)26-22(17)29;1-14(2,3)8-7-9-10-11(20-15(4,5)19-9)12(17-6)13(16)18-10;11-8-6-5-7-3-1-2-4-9(7)12-10(8)13;/h7-10,13-14,17-21,28H,11-12H2,1-6H3,(H,26,29)(H,27,30);7-12H,6H2,1-5H3;1-4,8H,5-6,11H2,(H,12,13);1H/q;+1;;/b14-13+;8-7+;;/t17?,18-,19+,20-,21-;9-,10+,11-,12-;;/m11../s1. The van der Waals surface area contributed by atoms with Gasteiger partial charge in [-0.25, -0.2) is 4.79 Å². The van der Waals surface area contributed by atoms with Crippen molar-refractivity contribution in [1.29, 1.82) is 0 Å². The van der Waals surface area contributed by atoms with Gasteiger partial charge in [0.15, 0.2) is 23.8 Å². The highest BCUT2D eigenvalue weighted by molar-refractivity contribution is 5.99. The number of allylic oxidation sites excluding steroid dienone is 2. The molecule has 0 aromatic heterocycles. The lowest BCUT2D eigenvalue weighted by atomic mass is 9.93. The van der Waals surface area contributed by atoms with E-state index in [2.05, 4.69) is 43.8 Å². The molecule has 2 aromatic rings. The van der Waals surface area contributed by atoms with E-state index in [-0.39, 0.29) is 47.2 Å². The molecule has 0 spiro atoms. The first kappa shape index (κ1) is 55.2. The maximum atomic E-state index is 13.2. The number of carbonyl (C=O) groups excluding carboxylic acids is 4. The molecule has 370 valence electrons. The predicted molar refractivity (Wildman–Crippen MR) is 256 cm³/mol. The Labute approximate surface area is 401 Å². The maximum absolute atomic E-state index is 13.2. The minimum Gasteiger partial charge on any atom is -0.454 e. The van der Waals surface area contributed by atoms with Crippen LogP contribution in [0.25, 0.3) is 0 Å². The Hall–Kier alpha value is -4.36. The van der Waals surface area contributed by atoms with E-state index >= 15 is 0 Å². The van der Waals surface area contributed by atoms with Crippen molar-refractivity contribution < 1.29 is 57.4 Å². The highest BCUT2D eigenvalue weighted by atomic mass is 35.5. The second-order valence-electron chi connectivity index (χ2n) is 20.3. The molecule has 2 unspecified atom stereocenters. The molecule has 10 atom stereocenters. The van der Waals surface area contributed by atoms with Crippen LogP contribution < -0.4 is 21.7 Å². The monoisotopic (exact) mass is 955 g/mol. The van der Waals surface area contributed by atoms with E-state index in [0.29, 0.717) is 12.8 Å². The zero-order chi connectivity index (χ0) is 48.8. The summed E-state index contributed by atoms with van der Waals surface area (Å²) in [5, 5.41) is 19.5. The number of halogens is 1. The van der Waals surface area contributed by atoms with Gasteiger partial charge in [0.25, 0.3) is 5.91 Å². The summed E-state index contributed by atoms with van der Waals surface area (Å²) in [4.78, 5) is 49.0. The molecule has 17 heteroatoms. The quantitative estimate of drug-likeness (QED) is 0.121. The number of hydrogen-bond acceptors (Lipinski definition) is 13. The SMILES string of the molecule is CO[C@@H](C(=O)NC1CCc2ccccc2NC1=O)[C@@H]1OC(C)(C)O[C@H](/C=C/C(C)(C)C)[C@@H]1O.Cl.NC1CCc2ccccc2NC1=O.[CH2+]O[C@H]1C(=O)O[C@@H]2[C@H]1OC(C)(C)O[C@@H]2/C=C/C(C)(C)C. The summed E-state index contributed by atoms with van der Waals surface area (Å²) in [5.41, 5.74) is 9.40. The number of carbonyl (C=O) groups is 4. The average molecular weight is 957 g/mol. The molecule has 5 aliphatic heterocycles. The Morgan fingerprint density at radius 2 is 1.31 bits per heavy atom. The van der Waals surface area contributed by atoms with Crippen LogP contribution in [0.1, 0.15) is 93.2 Å². The van der Waals surface area contributed by atoms with Crippen molar-refractivity contribution in [3.8, 4) is 0 Å². The van der Waals surface area contributed by atoms with Gasteiger partial charge in [-0.1, -0.05) is 102 Å². The molecule has 0 bridgehead atoms. The van der Waals surface area contributed by atoms with Crippen molar-refractivity contribution >= 4 is 47.5 Å². The summed E-state index contributed by atoms with van der Waals surface area (Å²) in [6.07, 6.45) is 4.31. The molecule has 7 rings (SSSR count). The number of benzene rings is 2. The van der Waals surface area contributed by atoms with Gasteiger partial charge in [-0.05, 0) is 87.5 Å². The number of nitrogens with one attached hydrogen (secondary N) is 3. The van der Waals surface area contributed by atoms with Gasteiger partial charge in [-0.3, -0.25) is 14.4 Å². The number of esters is 1. The highest BCUT2D eigenvalue weighted by Crippen LogP contribution is 2.37. The number of para-hydroxylation sites is 2. The first-order valence-corrected chi connectivity index (χ1v) is 22.6. The fourth-order valence-corrected chi connectivity index (χ4v) is 8.01. The second kappa shape index (κ2) is 22.8. The van der Waals surface area contributed by atoms with E-state index < -0.39 is 72.2 Å². The molecule has 3 fully saturated rings. The number of anilines is 2. The lowest BCUT2D eigenvalue weighted by Crippen LogP contribution is -2.61. The fraction of sp³-hybridized carbons (Fsp3) is 0.580. The molecule has 2 aromatic carbocycles. The smallest absolute Gasteiger partial charge is 0.343 e. The number of nitrogens with two attached hydrogens (primary N) is 1. The number of hydrogen-bond donors (Lipinski definition) is 5. The Kier molecular flexibility index (Phi) is 18.8. The van der Waals surface area contributed by atoms with Crippen molar-refractivity contribution in [2.75, 3.05) is 17.7 Å². The highest BCUT2D eigenvalue weighted by Gasteiger charge is 2.57. The number of methoxy groups -OCH3 is 1. The average Bonchev–Trinajstić information content (AvgIpc) is 3.35. The van der Waals surface area contributed by atoms with Gasteiger partial charge in [0, 0.05) is 18.5 Å². The Bertz CT molecular complexity index is 2080. The second-order valence-corrected chi connectivity index (χ2v) is 20.3. The summed E-state index contributed by atoms with van der Waals surface area (Å²) in [6, 6.07) is 14.3. The van der Waals surface area contributed by atoms with E-state index in [1.807, 2.05) is 101 Å². The maximum Gasteiger partial charge on any atom is 0.343 e. The number of rotatable bonds is 7. The van der Waals surface area contributed by atoms with Gasteiger partial charge in [-0.15, -0.1) is 12.4 Å². The number of aryl methyl sites for hydroxylation is 2. The molecule has 5 aliphatic rings. The lowest BCUT2D eigenvalue weighted by Gasteiger charge is -2.45. The molecule has 3 amide bonds. The Balaban J connectivity index is 0.000000243. The molecule has 5 heterocycles. The van der Waals surface area contributed by atoms with E-state index in [1.165, 1.54) is 12.7 Å². The van der Waals surface area contributed by atoms with E-state index in [4.69, 9.17) is 38.9 Å². The lowest BCUT2D eigenvalue weighted by molar-refractivity contribution is -0.334. The van der Waals surface area contributed by atoms with Crippen molar-refractivity contribution in [3.05, 3.63) is 91.1 Å². The van der Waals surface area contributed by atoms with Crippen LogP contribution in [0.15, 0.2) is 72.8 Å². The first-order chi connectivity index (χ1) is 30.8. The Morgan fingerprint density at radius 1 is 0.806 bits per heavy atom. The van der Waals surface area contributed by atoms with Crippen LogP contribution in [-0.4, -0.2) is 108 Å². The molecule has 0 aliphatic carbocycles. The Morgan fingerprint density at radius 3 is 1.87 bits per heavy atom. The summed E-state index contributed by atoms with van der Waals surface area (Å²) in [6.45, 7) is 19.5. The molecule has 0 saturated carbocycles. The van der Waals surface area contributed by atoms with Gasteiger partial charge < -0.3 is 55.2 Å².